The minimum absolute atomic E-state index is 0. The van der Waals surface area contributed by atoms with Crippen LogP contribution in [0, 0.1) is 19.0 Å². The first-order valence-corrected chi connectivity index (χ1v) is 28.5. The van der Waals surface area contributed by atoms with Crippen molar-refractivity contribution in [1.82, 2.24) is 19.5 Å². The van der Waals surface area contributed by atoms with Crippen molar-refractivity contribution >= 4 is 54.5 Å². The minimum Gasteiger partial charge on any atom is -0.501 e. The van der Waals surface area contributed by atoms with Gasteiger partial charge in [0.15, 0.2) is 0 Å². The zero-order valence-electron chi connectivity index (χ0n) is 52.0. The van der Waals surface area contributed by atoms with Crippen LogP contribution in [0.5, 0.6) is 0 Å². The predicted octanol–water partition coefficient (Wildman–Crippen LogP) is 21.2. The molecule has 411 valence electrons. The van der Waals surface area contributed by atoms with Crippen molar-refractivity contribution in [3.05, 3.63) is 215 Å². The van der Waals surface area contributed by atoms with Gasteiger partial charge in [-0.2, -0.15) is 0 Å². The molecule has 0 fully saturated rings. The molecule has 0 aliphatic carbocycles. The fourth-order valence-electron chi connectivity index (χ4n) is 11.5. The number of rotatable bonds is 10. The van der Waals surface area contributed by atoms with E-state index in [1.165, 1.54) is 50.1 Å². The van der Waals surface area contributed by atoms with Crippen LogP contribution in [0.25, 0.3) is 105 Å². The number of para-hydroxylation sites is 2. The van der Waals surface area contributed by atoms with Gasteiger partial charge in [-0.25, -0.2) is 0 Å². The fourth-order valence-corrected chi connectivity index (χ4v) is 11.5. The molecule has 0 aliphatic rings. The first kappa shape index (κ1) is 52.8. The van der Waals surface area contributed by atoms with E-state index < -0.39 is 6.85 Å². The number of fused-ring (bicyclic) bond motifs is 7. The molecule has 0 spiro atoms. The van der Waals surface area contributed by atoms with E-state index in [0.29, 0.717) is 45.7 Å². The van der Waals surface area contributed by atoms with Crippen LogP contribution >= 0.6 is 0 Å². The number of hydrogen-bond acceptors (Lipinski definition) is 4. The average molecular weight is 1240 g/mol. The second-order valence-electron chi connectivity index (χ2n) is 24.2. The zero-order chi connectivity index (χ0) is 58.8. The van der Waals surface area contributed by atoms with Crippen molar-refractivity contribution in [1.29, 1.82) is 0 Å². The maximum absolute atomic E-state index is 8.70. The zero-order valence-corrected chi connectivity index (χ0v) is 51.4. The van der Waals surface area contributed by atoms with Crippen LogP contribution in [0.3, 0.4) is 0 Å². The molecule has 1 radical (unpaired) electrons. The molecule has 0 N–H and O–H groups in total. The van der Waals surface area contributed by atoms with Crippen molar-refractivity contribution in [2.24, 2.45) is 0 Å². The smallest absolute Gasteiger partial charge is 0.121 e. The van der Waals surface area contributed by atoms with E-state index in [-0.39, 0.29) is 42.9 Å². The maximum Gasteiger partial charge on any atom is 0.121 e. The standard InChI is InChI=1S/C61H59N2O.C14H15N2.Ir/c1-34(2)44-29-48(35(3)4)58(49(30-44)36(5)6)42-24-21-40(22-25-42)45-31-50(37(7)8)59(51(32-45)38(9)10)63-55-19-15-14-18-54(55)62-61(63)47-27-20-39(11)57-53-28-43-26-23-41-16-12-13-17-46(41)52(43)33-56(53)64-60(47)57;1-14(2,3)12-9-10-15-13(16-12)11-7-5-4-6-8-11;/h12-26,28-38H,1-11H3;4-7,9-10H,1-3H3;/q2*-1;/i11D3;;. The summed E-state index contributed by atoms with van der Waals surface area (Å²) in [6.45, 7) is 26.9. The summed E-state index contributed by atoms with van der Waals surface area (Å²) in [6, 6.07) is 61.7. The van der Waals surface area contributed by atoms with Crippen LogP contribution in [0.1, 0.15) is 163 Å². The molecule has 0 amide bonds. The predicted molar refractivity (Wildman–Crippen MR) is 339 cm³/mol. The Balaban J connectivity index is 0.000000399. The number of hydrogen-bond donors (Lipinski definition) is 0. The van der Waals surface area contributed by atoms with Gasteiger partial charge >= 0.3 is 0 Å². The quantitative estimate of drug-likeness (QED) is 0.101. The minimum atomic E-state index is -2.40. The SMILES string of the molecule is CC(C)(C)c1ccnc(-c2[c-]cccc2)n1.[2H]C([2H])([2H])c1c[c-]c(-c2nc3ccccc3n2-c2c(C(C)C)cc(-c3ccc(-c4c(C(C)C)cc(C(C)C)cc4C(C)C)cc3)cc2C(C)C)c2oc3cc4c(ccc5ccccc54)cc3c12.[Ir]. The van der Waals surface area contributed by atoms with Gasteiger partial charge in [-0.1, -0.05) is 193 Å². The topological polar surface area (TPSA) is 56.7 Å². The van der Waals surface area contributed by atoms with Crippen molar-refractivity contribution in [2.45, 2.75) is 132 Å². The number of benzene rings is 9. The third-order valence-corrected chi connectivity index (χ3v) is 15.8. The second-order valence-corrected chi connectivity index (χ2v) is 24.2. The van der Waals surface area contributed by atoms with Gasteiger partial charge in [-0.05, 0) is 144 Å². The molecule has 0 saturated carbocycles. The molecule has 0 saturated heterocycles. The van der Waals surface area contributed by atoms with Gasteiger partial charge < -0.3 is 8.98 Å². The van der Waals surface area contributed by atoms with Crippen LogP contribution in [0.4, 0.5) is 0 Å². The number of imidazole rings is 1. The van der Waals surface area contributed by atoms with E-state index in [9.17, 15) is 0 Å². The van der Waals surface area contributed by atoms with Gasteiger partial charge in [0.05, 0.1) is 28.3 Å². The molecule has 0 bridgehead atoms. The Bertz CT molecular complexity index is 4330. The van der Waals surface area contributed by atoms with Crippen molar-refractivity contribution in [3.63, 3.8) is 0 Å². The molecule has 9 aromatic carbocycles. The Hall–Kier alpha value is -7.50. The van der Waals surface area contributed by atoms with Gasteiger partial charge in [0, 0.05) is 52.6 Å². The van der Waals surface area contributed by atoms with Gasteiger partial charge in [0.1, 0.15) is 5.58 Å². The van der Waals surface area contributed by atoms with E-state index >= 15 is 0 Å². The summed E-state index contributed by atoms with van der Waals surface area (Å²) in [5.74, 6) is 2.95. The number of aromatic nitrogens is 4. The normalized spacial score (nSPS) is 12.7. The van der Waals surface area contributed by atoms with E-state index in [1.807, 2.05) is 60.8 Å². The average Bonchev–Trinajstić information content (AvgIpc) is 1.60. The Morgan fingerprint density at radius 1 is 0.568 bits per heavy atom. The summed E-state index contributed by atoms with van der Waals surface area (Å²) in [5, 5.41) is 5.65. The summed E-state index contributed by atoms with van der Waals surface area (Å²) in [7, 11) is 0. The monoisotopic (exact) mass is 1240 g/mol. The number of aryl methyl sites for hydroxylation is 1. The molecule has 5 nitrogen and oxygen atoms in total. The summed E-state index contributed by atoms with van der Waals surface area (Å²) < 4.78 is 35.3. The van der Waals surface area contributed by atoms with Crippen LogP contribution in [0.2, 0.25) is 0 Å². The van der Waals surface area contributed by atoms with E-state index in [4.69, 9.17) is 13.5 Å². The van der Waals surface area contributed by atoms with Crippen molar-refractivity contribution in [2.75, 3.05) is 0 Å². The Labute approximate surface area is 497 Å². The van der Waals surface area contributed by atoms with Crippen LogP contribution in [-0.4, -0.2) is 19.5 Å². The molecule has 6 heteroatoms. The molecule has 12 aromatic rings. The maximum atomic E-state index is 8.70. The summed E-state index contributed by atoms with van der Waals surface area (Å²) >= 11 is 0. The molecule has 0 atom stereocenters. The fraction of sp³-hybridized carbons (Fsp3) is 0.267. The Kier molecular flexibility index (Phi) is 14.9. The second kappa shape index (κ2) is 22.8. The first-order valence-electron chi connectivity index (χ1n) is 30.0. The summed E-state index contributed by atoms with van der Waals surface area (Å²) in [6.07, 6.45) is 1.81. The molecule has 12 rings (SSSR count). The molecule has 0 unspecified atom stereocenters. The van der Waals surface area contributed by atoms with Gasteiger partial charge in [-0.3, -0.25) is 15.0 Å². The van der Waals surface area contributed by atoms with Crippen LogP contribution < -0.4 is 0 Å². The first-order chi connectivity index (χ1) is 39.6. The van der Waals surface area contributed by atoms with Crippen LogP contribution in [0.15, 0.2) is 168 Å². The Morgan fingerprint density at radius 3 is 1.85 bits per heavy atom. The van der Waals surface area contributed by atoms with Gasteiger partial charge in [0.25, 0.3) is 0 Å². The van der Waals surface area contributed by atoms with Crippen LogP contribution in [-0.2, 0) is 25.5 Å². The number of furan rings is 1. The third-order valence-electron chi connectivity index (χ3n) is 15.8. The molecule has 3 heterocycles. The van der Waals surface area contributed by atoms with E-state index in [1.54, 1.807) is 6.07 Å². The van der Waals surface area contributed by atoms with Crippen molar-refractivity contribution in [3.8, 4) is 50.7 Å². The number of nitrogens with zero attached hydrogens (tertiary/aromatic N) is 4. The largest absolute Gasteiger partial charge is 0.501 e. The summed E-state index contributed by atoms with van der Waals surface area (Å²) in [4.78, 5) is 14.2. The molecule has 0 aliphatic heterocycles. The van der Waals surface area contributed by atoms with Crippen molar-refractivity contribution < 1.29 is 28.6 Å². The van der Waals surface area contributed by atoms with Gasteiger partial charge in [0.2, 0.25) is 0 Å². The Morgan fingerprint density at radius 2 is 1.21 bits per heavy atom. The molecular formula is C75H74IrN4O-2. The summed E-state index contributed by atoms with van der Waals surface area (Å²) in [5.41, 5.74) is 18.4. The molecule has 3 aromatic heterocycles. The van der Waals surface area contributed by atoms with Gasteiger partial charge in [-0.15, -0.1) is 53.6 Å². The molecule has 81 heavy (non-hydrogen) atoms. The van der Waals surface area contributed by atoms with E-state index in [0.717, 1.165) is 60.7 Å². The third kappa shape index (κ3) is 10.8. The van der Waals surface area contributed by atoms with E-state index in [2.05, 4.69) is 214 Å². The molecular weight excluding hydrogens is 1170 g/mol.